The van der Waals surface area contributed by atoms with E-state index in [1.165, 1.54) is 0 Å². The Morgan fingerprint density at radius 1 is 1.36 bits per heavy atom. The number of amides is 2. The van der Waals surface area contributed by atoms with Crippen LogP contribution in [0, 0.1) is 0 Å². The van der Waals surface area contributed by atoms with E-state index in [1.54, 1.807) is 35.4 Å². The molecule has 25 heavy (non-hydrogen) atoms. The van der Waals surface area contributed by atoms with Crippen molar-refractivity contribution < 1.29 is 9.59 Å². The van der Waals surface area contributed by atoms with Crippen LogP contribution >= 0.6 is 0 Å². The van der Waals surface area contributed by atoms with Gasteiger partial charge in [0.05, 0.1) is 24.1 Å². The summed E-state index contributed by atoms with van der Waals surface area (Å²) < 4.78 is 3.64. The van der Waals surface area contributed by atoms with Crippen molar-refractivity contribution in [3.05, 3.63) is 36.2 Å². The lowest BCUT2D eigenvalue weighted by atomic mass is 9.93. The van der Waals surface area contributed by atoms with Crippen molar-refractivity contribution in [2.45, 2.75) is 44.8 Å². The number of piperidine rings is 1. The van der Waals surface area contributed by atoms with Crippen molar-refractivity contribution in [3.8, 4) is 0 Å². The predicted octanol–water partition coefficient (Wildman–Crippen LogP) is 1.29. The molecule has 1 fully saturated rings. The Hall–Kier alpha value is -2.64. The van der Waals surface area contributed by atoms with Crippen molar-refractivity contribution in [2.24, 2.45) is 7.05 Å². The maximum atomic E-state index is 12.6. The Kier molecular flexibility index (Phi) is 4.61. The Labute approximate surface area is 146 Å². The number of hydrogen-bond donors (Lipinski definition) is 1. The number of nitrogens with one attached hydrogen (secondary N) is 1. The van der Waals surface area contributed by atoms with Gasteiger partial charge in [0.25, 0.3) is 5.91 Å². The number of carbonyl (C=O) groups excluding carboxylic acids is 2. The summed E-state index contributed by atoms with van der Waals surface area (Å²) >= 11 is 0. The summed E-state index contributed by atoms with van der Waals surface area (Å²) in [6.45, 7) is 4.06. The molecule has 0 unspecified atom stereocenters. The number of aryl methyl sites for hydroxylation is 1. The Morgan fingerprint density at radius 2 is 2.12 bits per heavy atom. The van der Waals surface area contributed by atoms with Crippen molar-refractivity contribution in [3.63, 3.8) is 0 Å². The molecule has 3 rings (SSSR count). The summed E-state index contributed by atoms with van der Waals surface area (Å²) in [5.41, 5.74) is 1.28. The van der Waals surface area contributed by atoms with Crippen LogP contribution in [0.25, 0.3) is 0 Å². The molecule has 1 aliphatic heterocycles. The number of aromatic nitrogens is 4. The van der Waals surface area contributed by atoms with Gasteiger partial charge in [0.15, 0.2) is 0 Å². The molecule has 0 saturated carbocycles. The van der Waals surface area contributed by atoms with Gasteiger partial charge in [-0.05, 0) is 26.3 Å². The lowest BCUT2D eigenvalue weighted by Crippen LogP contribution is -2.51. The first-order valence-electron chi connectivity index (χ1n) is 8.46. The first-order chi connectivity index (χ1) is 11.9. The van der Waals surface area contributed by atoms with Crippen LogP contribution in [0.1, 0.15) is 55.0 Å². The summed E-state index contributed by atoms with van der Waals surface area (Å²) in [6.07, 6.45) is 6.11. The monoisotopic (exact) mass is 344 g/mol. The fourth-order valence-electron chi connectivity index (χ4n) is 3.25. The summed E-state index contributed by atoms with van der Waals surface area (Å²) in [5, 5.41) is 7.25. The third-order valence-corrected chi connectivity index (χ3v) is 4.77. The molecule has 8 nitrogen and oxygen atoms in total. The predicted molar refractivity (Wildman–Crippen MR) is 91.8 cm³/mol. The van der Waals surface area contributed by atoms with Crippen LogP contribution in [0.2, 0.25) is 0 Å². The summed E-state index contributed by atoms with van der Waals surface area (Å²) in [7, 11) is 3.61. The number of carbonyl (C=O) groups is 2. The fourth-order valence-corrected chi connectivity index (χ4v) is 3.25. The summed E-state index contributed by atoms with van der Waals surface area (Å²) in [5.74, 6) is -0.153. The zero-order valence-corrected chi connectivity index (χ0v) is 15.0. The number of likely N-dealkylation sites (tertiary alicyclic amines) is 1. The minimum absolute atomic E-state index is 0.0702. The van der Waals surface area contributed by atoms with Gasteiger partial charge in [-0.3, -0.25) is 14.3 Å². The molecule has 8 heteroatoms. The smallest absolute Gasteiger partial charge is 0.271 e. The molecular formula is C17H24N6O2. The highest BCUT2D eigenvalue weighted by molar-refractivity contribution is 5.92. The van der Waals surface area contributed by atoms with Gasteiger partial charge in [0.2, 0.25) is 5.91 Å². The van der Waals surface area contributed by atoms with Gasteiger partial charge < -0.3 is 14.8 Å². The summed E-state index contributed by atoms with van der Waals surface area (Å²) in [6, 6.07) is 1.70. The Morgan fingerprint density at radius 3 is 2.72 bits per heavy atom. The highest BCUT2D eigenvalue weighted by atomic mass is 16.2. The van der Waals surface area contributed by atoms with E-state index in [0.29, 0.717) is 18.5 Å². The van der Waals surface area contributed by atoms with Crippen molar-refractivity contribution in [2.75, 3.05) is 7.05 Å². The SMILES string of the molecule is CC(C)n1cnc(C(=O)N[C@@H]2CCC(=O)N(C)[C@H]2c2ccnn2C)c1. The molecule has 2 amide bonds. The highest BCUT2D eigenvalue weighted by Gasteiger charge is 2.37. The third-order valence-electron chi connectivity index (χ3n) is 4.77. The molecule has 134 valence electrons. The van der Waals surface area contributed by atoms with Crippen LogP contribution in [0.15, 0.2) is 24.8 Å². The zero-order chi connectivity index (χ0) is 18.1. The molecule has 0 bridgehead atoms. The van der Waals surface area contributed by atoms with E-state index in [2.05, 4.69) is 15.4 Å². The number of rotatable bonds is 4. The second-order valence-electron chi connectivity index (χ2n) is 6.75. The van der Waals surface area contributed by atoms with E-state index >= 15 is 0 Å². The topological polar surface area (TPSA) is 85.1 Å². The first-order valence-corrected chi connectivity index (χ1v) is 8.46. The van der Waals surface area contributed by atoms with Crippen molar-refractivity contribution in [1.82, 2.24) is 29.5 Å². The van der Waals surface area contributed by atoms with Crippen molar-refractivity contribution >= 4 is 11.8 Å². The molecule has 3 heterocycles. The molecule has 0 spiro atoms. The lowest BCUT2D eigenvalue weighted by molar-refractivity contribution is -0.136. The molecule has 0 radical (unpaired) electrons. The minimum Gasteiger partial charge on any atom is -0.345 e. The molecule has 0 aromatic carbocycles. The average molecular weight is 344 g/mol. The molecule has 1 N–H and O–H groups in total. The normalized spacial score (nSPS) is 21.0. The minimum atomic E-state index is -0.245. The molecule has 2 aromatic heterocycles. The number of hydrogen-bond acceptors (Lipinski definition) is 4. The molecule has 1 aliphatic rings. The summed E-state index contributed by atoms with van der Waals surface area (Å²) in [4.78, 5) is 30.7. The maximum absolute atomic E-state index is 12.6. The van der Waals surface area contributed by atoms with Crippen LogP contribution < -0.4 is 5.32 Å². The molecule has 2 aromatic rings. The quantitative estimate of drug-likeness (QED) is 0.906. The van der Waals surface area contributed by atoms with E-state index < -0.39 is 0 Å². The van der Waals surface area contributed by atoms with E-state index in [4.69, 9.17) is 0 Å². The number of imidazole rings is 1. The highest BCUT2D eigenvalue weighted by Crippen LogP contribution is 2.30. The van der Waals surface area contributed by atoms with Gasteiger partial charge in [-0.15, -0.1) is 0 Å². The van der Waals surface area contributed by atoms with E-state index in [9.17, 15) is 9.59 Å². The molecule has 2 atom stereocenters. The van der Waals surface area contributed by atoms with Crippen LogP contribution in [0.3, 0.4) is 0 Å². The van der Waals surface area contributed by atoms with Crippen LogP contribution in [0.5, 0.6) is 0 Å². The van der Waals surface area contributed by atoms with Gasteiger partial charge in [0.1, 0.15) is 5.69 Å². The van der Waals surface area contributed by atoms with Gasteiger partial charge in [-0.1, -0.05) is 0 Å². The van der Waals surface area contributed by atoms with E-state index in [0.717, 1.165) is 5.69 Å². The molecule has 0 aliphatic carbocycles. The maximum Gasteiger partial charge on any atom is 0.271 e. The zero-order valence-electron chi connectivity index (χ0n) is 15.0. The van der Waals surface area contributed by atoms with Crippen LogP contribution in [0.4, 0.5) is 0 Å². The second-order valence-corrected chi connectivity index (χ2v) is 6.75. The van der Waals surface area contributed by atoms with E-state index in [1.807, 2.05) is 31.5 Å². The fraction of sp³-hybridized carbons (Fsp3) is 0.529. The second kappa shape index (κ2) is 6.70. The first kappa shape index (κ1) is 17.2. The largest absolute Gasteiger partial charge is 0.345 e. The lowest BCUT2D eigenvalue weighted by Gasteiger charge is -2.39. The van der Waals surface area contributed by atoms with Gasteiger partial charge in [0, 0.05) is 39.0 Å². The number of nitrogens with zero attached hydrogens (tertiary/aromatic N) is 5. The molecular weight excluding hydrogens is 320 g/mol. The third kappa shape index (κ3) is 3.29. The standard InChI is InChI=1S/C17H24N6O2/c1-11(2)23-9-13(18-10-23)17(25)20-12-5-6-15(24)21(3)16(12)14-7-8-19-22(14)4/h7-12,16H,5-6H2,1-4H3,(H,20,25)/t12-,16-/m1/s1. The van der Waals surface area contributed by atoms with Gasteiger partial charge >= 0.3 is 0 Å². The Balaban J connectivity index is 1.82. The van der Waals surface area contributed by atoms with Crippen LogP contribution in [-0.2, 0) is 11.8 Å². The van der Waals surface area contributed by atoms with E-state index in [-0.39, 0.29) is 29.9 Å². The van der Waals surface area contributed by atoms with Crippen molar-refractivity contribution in [1.29, 1.82) is 0 Å². The Bertz CT molecular complexity index is 778. The van der Waals surface area contributed by atoms with Gasteiger partial charge in [-0.2, -0.15) is 5.10 Å². The average Bonchev–Trinajstić information content (AvgIpc) is 3.21. The molecule has 1 saturated heterocycles. The number of likely N-dealkylation sites (N-methyl/N-ethyl adjacent to an activating group) is 1. The van der Waals surface area contributed by atoms with Crippen LogP contribution in [-0.4, -0.2) is 49.1 Å². The van der Waals surface area contributed by atoms with Gasteiger partial charge in [-0.25, -0.2) is 4.98 Å².